The lowest BCUT2D eigenvalue weighted by Crippen LogP contribution is -2.23. The van der Waals surface area contributed by atoms with Gasteiger partial charge in [0.2, 0.25) is 0 Å². The highest BCUT2D eigenvalue weighted by atomic mass is 32.1. The molecule has 0 amide bonds. The summed E-state index contributed by atoms with van der Waals surface area (Å²) in [6.45, 7) is 2.35. The molecule has 1 aromatic heterocycles. The summed E-state index contributed by atoms with van der Waals surface area (Å²) in [6, 6.07) is 8.20. The van der Waals surface area contributed by atoms with Crippen LogP contribution < -0.4 is 9.47 Å². The van der Waals surface area contributed by atoms with Crippen LogP contribution in [0.2, 0.25) is 0 Å². The van der Waals surface area contributed by atoms with Crippen LogP contribution in [0.4, 0.5) is 16.5 Å². The molecule has 1 aliphatic heterocycles. The van der Waals surface area contributed by atoms with Crippen LogP contribution in [0.3, 0.4) is 0 Å². The molecule has 3 rings (SSSR count). The van der Waals surface area contributed by atoms with Crippen molar-refractivity contribution in [3.8, 4) is 0 Å². The Morgan fingerprint density at radius 1 is 1.18 bits per heavy atom. The molecule has 0 bridgehead atoms. The van der Waals surface area contributed by atoms with Crippen LogP contribution in [-0.4, -0.2) is 13.1 Å². The van der Waals surface area contributed by atoms with Gasteiger partial charge in [0, 0.05) is 24.2 Å². The van der Waals surface area contributed by atoms with Gasteiger partial charge in [0.15, 0.2) is 0 Å². The molecule has 0 unspecified atom stereocenters. The van der Waals surface area contributed by atoms with Crippen molar-refractivity contribution in [3.05, 3.63) is 35.8 Å². The Labute approximate surface area is 104 Å². The Morgan fingerprint density at radius 3 is 2.53 bits per heavy atom. The minimum absolute atomic E-state index is 0.893. The summed E-state index contributed by atoms with van der Waals surface area (Å²) in [4.78, 5) is 2.31. The molecular weight excluding hydrogens is 232 g/mol. The van der Waals surface area contributed by atoms with Crippen LogP contribution in [0.1, 0.15) is 0 Å². The molecule has 0 N–H and O–H groups in total. The summed E-state index contributed by atoms with van der Waals surface area (Å²) < 4.78 is 1.96. The maximum Gasteiger partial charge on any atom is 0.408 e. The van der Waals surface area contributed by atoms with E-state index in [1.54, 1.807) is 11.3 Å². The van der Waals surface area contributed by atoms with Crippen LogP contribution in [-0.2, 0) is 7.05 Å². The van der Waals surface area contributed by atoms with Gasteiger partial charge in [0.1, 0.15) is 11.9 Å². The number of rotatable bonds is 3. The Kier molecular flexibility index (Phi) is 2.60. The highest BCUT2D eigenvalue weighted by molar-refractivity contribution is 7.12. The first-order valence-corrected chi connectivity index (χ1v) is 6.41. The Bertz CT molecular complexity index is 540. The molecule has 2 aromatic rings. The molecule has 0 atom stereocenters. The van der Waals surface area contributed by atoms with Crippen LogP contribution in [0, 0.1) is 0 Å². The smallest absolute Gasteiger partial charge is 0.368 e. The third kappa shape index (κ3) is 2.34. The van der Waals surface area contributed by atoms with Gasteiger partial charge >= 0.3 is 5.13 Å². The van der Waals surface area contributed by atoms with E-state index in [0.29, 0.717) is 0 Å². The van der Waals surface area contributed by atoms with E-state index in [-0.39, 0.29) is 0 Å². The fraction of sp³-hybridized carbons (Fsp3) is 0.250. The minimum atomic E-state index is 0.893. The molecule has 4 nitrogen and oxygen atoms in total. The summed E-state index contributed by atoms with van der Waals surface area (Å²) in [7, 11) is 1.97. The quantitative estimate of drug-likeness (QED) is 0.465. The number of hydrogen-bond acceptors (Lipinski definition) is 4. The lowest BCUT2D eigenvalue weighted by Gasteiger charge is -1.99. The maximum absolute atomic E-state index is 4.23. The van der Waals surface area contributed by atoms with E-state index < -0.39 is 0 Å². The van der Waals surface area contributed by atoms with Crippen molar-refractivity contribution in [2.75, 3.05) is 18.0 Å². The van der Waals surface area contributed by atoms with E-state index in [0.717, 1.165) is 10.8 Å². The first kappa shape index (κ1) is 10.4. The van der Waals surface area contributed by atoms with Gasteiger partial charge in [-0.2, -0.15) is 0 Å². The van der Waals surface area contributed by atoms with Crippen molar-refractivity contribution in [1.82, 2.24) is 0 Å². The van der Waals surface area contributed by atoms with E-state index in [1.807, 2.05) is 35.3 Å². The normalized spacial score (nSPS) is 14.5. The van der Waals surface area contributed by atoms with Gasteiger partial charge in [0.05, 0.1) is 12.2 Å². The molecule has 2 heterocycles. The highest BCUT2D eigenvalue weighted by Crippen LogP contribution is 2.25. The molecule has 1 aliphatic rings. The number of aromatic nitrogens is 1. The van der Waals surface area contributed by atoms with Crippen molar-refractivity contribution < 1.29 is 4.57 Å². The highest BCUT2D eigenvalue weighted by Gasteiger charge is 2.17. The molecule has 1 aromatic carbocycles. The lowest BCUT2D eigenvalue weighted by molar-refractivity contribution is -0.654. The number of benzene rings is 1. The van der Waals surface area contributed by atoms with E-state index in [2.05, 4.69) is 27.3 Å². The summed E-state index contributed by atoms with van der Waals surface area (Å²) in [5, 5.41) is 11.3. The fourth-order valence-electron chi connectivity index (χ4n) is 1.56. The minimum Gasteiger partial charge on any atom is -0.368 e. The molecule has 0 aliphatic carbocycles. The van der Waals surface area contributed by atoms with Crippen molar-refractivity contribution >= 4 is 27.8 Å². The Morgan fingerprint density at radius 2 is 1.94 bits per heavy atom. The number of azo groups is 1. The molecule has 0 radical (unpaired) electrons. The molecule has 5 heteroatoms. The first-order valence-electron chi connectivity index (χ1n) is 5.53. The molecule has 86 valence electrons. The van der Waals surface area contributed by atoms with E-state index >= 15 is 0 Å². The van der Waals surface area contributed by atoms with Gasteiger partial charge < -0.3 is 4.90 Å². The monoisotopic (exact) mass is 245 g/mol. The fourth-order valence-corrected chi connectivity index (χ4v) is 2.24. The third-order valence-corrected chi connectivity index (χ3v) is 3.51. The van der Waals surface area contributed by atoms with Crippen LogP contribution >= 0.6 is 11.3 Å². The number of thiazole rings is 1. The lowest BCUT2D eigenvalue weighted by atomic mass is 10.3. The SMILES string of the molecule is C[n+]1ccsc1N=Nc1ccc(N2CC2)cc1. The number of hydrogen-bond donors (Lipinski definition) is 0. The zero-order valence-electron chi connectivity index (χ0n) is 9.58. The second-order valence-corrected chi connectivity index (χ2v) is 4.87. The predicted octanol–water partition coefficient (Wildman–Crippen LogP) is 2.81. The van der Waals surface area contributed by atoms with Gasteiger partial charge in [-0.05, 0) is 40.7 Å². The van der Waals surface area contributed by atoms with Crippen molar-refractivity contribution in [1.29, 1.82) is 0 Å². The first-order chi connectivity index (χ1) is 8.33. The zero-order chi connectivity index (χ0) is 11.7. The number of anilines is 1. The predicted molar refractivity (Wildman–Crippen MR) is 68.3 cm³/mol. The zero-order valence-corrected chi connectivity index (χ0v) is 10.4. The van der Waals surface area contributed by atoms with E-state index in [1.165, 1.54) is 18.8 Å². The van der Waals surface area contributed by atoms with Crippen molar-refractivity contribution in [3.63, 3.8) is 0 Å². The second-order valence-electron chi connectivity index (χ2n) is 4.00. The van der Waals surface area contributed by atoms with Gasteiger partial charge in [-0.1, -0.05) is 0 Å². The van der Waals surface area contributed by atoms with E-state index in [9.17, 15) is 0 Å². The van der Waals surface area contributed by atoms with Gasteiger partial charge in [-0.15, -0.1) is 0 Å². The summed E-state index contributed by atoms with van der Waals surface area (Å²) in [6.07, 6.45) is 1.97. The average molecular weight is 245 g/mol. The summed E-state index contributed by atoms with van der Waals surface area (Å²) in [5.74, 6) is 0. The Hall–Kier alpha value is -1.75. The van der Waals surface area contributed by atoms with Crippen molar-refractivity contribution in [2.45, 2.75) is 0 Å². The number of nitrogens with zero attached hydrogens (tertiary/aromatic N) is 4. The summed E-state index contributed by atoms with van der Waals surface area (Å²) >= 11 is 1.58. The van der Waals surface area contributed by atoms with Crippen LogP contribution in [0.25, 0.3) is 0 Å². The Balaban J connectivity index is 1.76. The standard InChI is InChI=1S/C12H13N4S/c1-15-8-9-17-12(15)14-13-10-2-4-11(5-3-10)16-6-7-16/h2-5,8-9H,6-7H2,1H3/q+1. The molecule has 17 heavy (non-hydrogen) atoms. The molecular formula is C12H13N4S+. The molecule has 0 saturated carbocycles. The van der Waals surface area contributed by atoms with Gasteiger partial charge in [-0.25, -0.2) is 4.57 Å². The third-order valence-electron chi connectivity index (χ3n) is 2.67. The van der Waals surface area contributed by atoms with Crippen molar-refractivity contribution in [2.24, 2.45) is 17.3 Å². The van der Waals surface area contributed by atoms with E-state index in [4.69, 9.17) is 0 Å². The topological polar surface area (TPSA) is 31.6 Å². The second kappa shape index (κ2) is 4.25. The largest absolute Gasteiger partial charge is 0.408 e. The van der Waals surface area contributed by atoms with Gasteiger partial charge in [-0.3, -0.25) is 0 Å². The molecule has 1 saturated heterocycles. The average Bonchev–Trinajstić information content (AvgIpc) is 3.12. The van der Waals surface area contributed by atoms with Gasteiger partial charge in [0.25, 0.3) is 0 Å². The maximum atomic E-state index is 4.23. The van der Waals surface area contributed by atoms with Crippen LogP contribution in [0.5, 0.6) is 0 Å². The molecule has 0 spiro atoms. The number of aryl methyl sites for hydroxylation is 1. The molecule has 1 fully saturated rings. The summed E-state index contributed by atoms with van der Waals surface area (Å²) in [5.41, 5.74) is 2.16. The van der Waals surface area contributed by atoms with Crippen LogP contribution in [0.15, 0.2) is 46.1 Å².